The van der Waals surface area contributed by atoms with Crippen LogP contribution >= 0.6 is 0 Å². The summed E-state index contributed by atoms with van der Waals surface area (Å²) in [5, 5.41) is 3.58. The van der Waals surface area contributed by atoms with E-state index in [2.05, 4.69) is 36.3 Å². The molecule has 1 aromatic heterocycles. The van der Waals surface area contributed by atoms with Gasteiger partial charge in [-0.3, -0.25) is 4.98 Å². The molecule has 0 aliphatic carbocycles. The Morgan fingerprint density at radius 3 is 2.93 bits per heavy atom. The molecular weight excluding hydrogens is 172 g/mol. The van der Waals surface area contributed by atoms with Gasteiger partial charge in [-0.15, -0.1) is 0 Å². The number of hydrogen-bond acceptors (Lipinski definition) is 2. The molecule has 1 N–H and O–H groups in total. The first-order chi connectivity index (χ1) is 6.75. The molecule has 2 unspecified atom stereocenters. The summed E-state index contributed by atoms with van der Waals surface area (Å²) in [4.78, 5) is 4.22. The molecule has 14 heavy (non-hydrogen) atoms. The number of aryl methyl sites for hydroxylation is 1. The van der Waals surface area contributed by atoms with Gasteiger partial charge in [0.15, 0.2) is 0 Å². The quantitative estimate of drug-likeness (QED) is 0.735. The minimum atomic E-state index is 0.549. The molecular formula is C12H18N2. The van der Waals surface area contributed by atoms with E-state index < -0.39 is 0 Å². The van der Waals surface area contributed by atoms with E-state index in [0.29, 0.717) is 6.04 Å². The molecule has 2 nitrogen and oxygen atoms in total. The number of piperidine rings is 1. The summed E-state index contributed by atoms with van der Waals surface area (Å²) in [7, 11) is 0. The van der Waals surface area contributed by atoms with Crippen molar-refractivity contribution in [2.75, 3.05) is 6.54 Å². The smallest absolute Gasteiger partial charge is 0.0375 e. The summed E-state index contributed by atoms with van der Waals surface area (Å²) < 4.78 is 0. The van der Waals surface area contributed by atoms with Crippen LogP contribution in [0.4, 0.5) is 0 Å². The highest BCUT2D eigenvalue weighted by atomic mass is 14.9. The lowest BCUT2D eigenvalue weighted by atomic mass is 9.92. The summed E-state index contributed by atoms with van der Waals surface area (Å²) in [5.74, 6) is 0.828. The fraction of sp³-hybridized carbons (Fsp3) is 0.583. The summed E-state index contributed by atoms with van der Waals surface area (Å²) >= 11 is 0. The van der Waals surface area contributed by atoms with Gasteiger partial charge in [0.1, 0.15) is 0 Å². The van der Waals surface area contributed by atoms with Crippen LogP contribution in [-0.4, -0.2) is 11.5 Å². The highest BCUT2D eigenvalue weighted by Gasteiger charge is 2.18. The van der Waals surface area contributed by atoms with E-state index in [-0.39, 0.29) is 0 Å². The van der Waals surface area contributed by atoms with Gasteiger partial charge in [-0.25, -0.2) is 0 Å². The van der Waals surface area contributed by atoms with Crippen molar-refractivity contribution in [3.05, 3.63) is 29.6 Å². The van der Waals surface area contributed by atoms with Gasteiger partial charge in [-0.2, -0.15) is 0 Å². The monoisotopic (exact) mass is 190 g/mol. The van der Waals surface area contributed by atoms with Gasteiger partial charge in [0.05, 0.1) is 0 Å². The molecule has 2 heteroatoms. The molecule has 1 aliphatic rings. The molecule has 0 saturated carbocycles. The Kier molecular flexibility index (Phi) is 2.82. The van der Waals surface area contributed by atoms with Crippen LogP contribution in [0.1, 0.15) is 37.1 Å². The van der Waals surface area contributed by atoms with E-state index >= 15 is 0 Å². The maximum Gasteiger partial charge on any atom is 0.0375 e. The molecule has 0 radical (unpaired) electrons. The van der Waals surface area contributed by atoms with E-state index in [9.17, 15) is 0 Å². The first kappa shape index (κ1) is 9.66. The van der Waals surface area contributed by atoms with Gasteiger partial charge < -0.3 is 5.32 Å². The van der Waals surface area contributed by atoms with Crippen molar-refractivity contribution in [1.82, 2.24) is 10.3 Å². The molecule has 2 heterocycles. The predicted molar refractivity (Wildman–Crippen MR) is 58.1 cm³/mol. The zero-order valence-corrected chi connectivity index (χ0v) is 8.96. The van der Waals surface area contributed by atoms with Gasteiger partial charge in [0, 0.05) is 17.9 Å². The highest BCUT2D eigenvalue weighted by Crippen LogP contribution is 2.25. The van der Waals surface area contributed by atoms with Crippen molar-refractivity contribution < 1.29 is 0 Å². The largest absolute Gasteiger partial charge is 0.310 e. The fourth-order valence-corrected chi connectivity index (χ4v) is 2.07. The number of nitrogens with one attached hydrogen (secondary N) is 1. The van der Waals surface area contributed by atoms with Crippen LogP contribution < -0.4 is 5.32 Å². The Balaban J connectivity index is 2.08. The van der Waals surface area contributed by atoms with Crippen LogP contribution in [0.15, 0.2) is 18.3 Å². The lowest BCUT2D eigenvalue weighted by molar-refractivity contribution is 0.333. The van der Waals surface area contributed by atoms with Crippen molar-refractivity contribution in [3.63, 3.8) is 0 Å². The van der Waals surface area contributed by atoms with E-state index in [0.717, 1.165) is 18.2 Å². The van der Waals surface area contributed by atoms with Crippen LogP contribution in [0.5, 0.6) is 0 Å². The van der Waals surface area contributed by atoms with Crippen molar-refractivity contribution in [2.45, 2.75) is 32.7 Å². The lowest BCUT2D eigenvalue weighted by Gasteiger charge is -2.28. The highest BCUT2D eigenvalue weighted by molar-refractivity contribution is 5.19. The molecule has 2 atom stereocenters. The minimum Gasteiger partial charge on any atom is -0.310 e. The molecule has 1 fully saturated rings. The number of rotatable bonds is 1. The van der Waals surface area contributed by atoms with E-state index in [4.69, 9.17) is 0 Å². The number of nitrogens with zero attached hydrogens (tertiary/aromatic N) is 1. The predicted octanol–water partition coefficient (Wildman–Crippen LogP) is 2.45. The zero-order chi connectivity index (χ0) is 9.97. The second kappa shape index (κ2) is 4.09. The maximum atomic E-state index is 4.22. The fourth-order valence-electron chi connectivity index (χ4n) is 2.07. The average Bonchev–Trinajstić information content (AvgIpc) is 2.19. The minimum absolute atomic E-state index is 0.549. The van der Waals surface area contributed by atoms with Gasteiger partial charge in [-0.05, 0) is 49.9 Å². The first-order valence-electron chi connectivity index (χ1n) is 5.41. The SMILES string of the molecule is Cc1cc(C2CCC(C)CN2)ccn1. The Labute approximate surface area is 85.7 Å². The van der Waals surface area contributed by atoms with Crippen LogP contribution in [0.3, 0.4) is 0 Å². The zero-order valence-electron chi connectivity index (χ0n) is 8.96. The molecule has 1 aromatic rings. The number of hydrogen-bond donors (Lipinski definition) is 1. The topological polar surface area (TPSA) is 24.9 Å². The van der Waals surface area contributed by atoms with E-state index in [1.807, 2.05) is 6.20 Å². The third kappa shape index (κ3) is 2.13. The Morgan fingerprint density at radius 2 is 2.29 bits per heavy atom. The van der Waals surface area contributed by atoms with Crippen molar-refractivity contribution in [3.8, 4) is 0 Å². The normalized spacial score (nSPS) is 27.6. The van der Waals surface area contributed by atoms with Gasteiger partial charge >= 0.3 is 0 Å². The second-order valence-electron chi connectivity index (χ2n) is 4.37. The molecule has 0 spiro atoms. The Morgan fingerprint density at radius 1 is 1.43 bits per heavy atom. The summed E-state index contributed by atoms with van der Waals surface area (Å²) in [6.07, 6.45) is 4.49. The van der Waals surface area contributed by atoms with Crippen LogP contribution in [0, 0.1) is 12.8 Å². The van der Waals surface area contributed by atoms with Crippen LogP contribution in [-0.2, 0) is 0 Å². The molecule has 2 rings (SSSR count). The molecule has 1 saturated heterocycles. The summed E-state index contributed by atoms with van der Waals surface area (Å²) in [6, 6.07) is 4.86. The molecule has 1 aliphatic heterocycles. The van der Waals surface area contributed by atoms with Crippen molar-refractivity contribution in [1.29, 1.82) is 0 Å². The first-order valence-corrected chi connectivity index (χ1v) is 5.41. The van der Waals surface area contributed by atoms with Crippen molar-refractivity contribution in [2.24, 2.45) is 5.92 Å². The van der Waals surface area contributed by atoms with Crippen LogP contribution in [0.2, 0.25) is 0 Å². The summed E-state index contributed by atoms with van der Waals surface area (Å²) in [6.45, 7) is 5.50. The lowest BCUT2D eigenvalue weighted by Crippen LogP contribution is -2.31. The number of pyridine rings is 1. The summed E-state index contributed by atoms with van der Waals surface area (Å²) in [5.41, 5.74) is 2.51. The van der Waals surface area contributed by atoms with Gasteiger partial charge in [0.2, 0.25) is 0 Å². The molecule has 76 valence electrons. The molecule has 0 aromatic carbocycles. The maximum absolute atomic E-state index is 4.22. The second-order valence-corrected chi connectivity index (χ2v) is 4.37. The van der Waals surface area contributed by atoms with Crippen LogP contribution in [0.25, 0.3) is 0 Å². The average molecular weight is 190 g/mol. The number of aromatic nitrogens is 1. The van der Waals surface area contributed by atoms with Gasteiger partial charge in [0.25, 0.3) is 0 Å². The Hall–Kier alpha value is -0.890. The molecule has 0 bridgehead atoms. The third-order valence-corrected chi connectivity index (χ3v) is 2.98. The molecule has 0 amide bonds. The van der Waals surface area contributed by atoms with Gasteiger partial charge in [-0.1, -0.05) is 6.92 Å². The Bertz CT molecular complexity index is 301. The standard InChI is InChI=1S/C12H18N2/c1-9-3-4-12(14-8-9)11-5-6-13-10(2)7-11/h5-7,9,12,14H,3-4,8H2,1-2H3. The third-order valence-electron chi connectivity index (χ3n) is 2.98. The van der Waals surface area contributed by atoms with E-state index in [1.165, 1.54) is 18.4 Å². The van der Waals surface area contributed by atoms with Crippen molar-refractivity contribution >= 4 is 0 Å². The van der Waals surface area contributed by atoms with E-state index in [1.54, 1.807) is 0 Å².